The lowest BCUT2D eigenvalue weighted by molar-refractivity contribution is -0.159. The van der Waals surface area contributed by atoms with Gasteiger partial charge in [0.05, 0.1) is 0 Å². The Morgan fingerprint density at radius 3 is 2.39 bits per heavy atom. The van der Waals surface area contributed by atoms with E-state index in [1.54, 1.807) is 11.8 Å². The standard InChI is InChI=1S/C20H30N4O4/c1-16(28-18(25)10-6-3-7-11-22-20(21)27)19(26)24-14-12-23(13-15-24)17-8-4-2-5-9-17/h2,4-5,8-9,16H,3,6-7,10-15H2,1H3,(H3,21,22,27)/t16-/m0/s1. The Morgan fingerprint density at radius 1 is 1.07 bits per heavy atom. The molecule has 8 nitrogen and oxygen atoms in total. The Bertz CT molecular complexity index is 645. The average molecular weight is 390 g/mol. The molecule has 3 N–H and O–H groups in total. The maximum absolute atomic E-state index is 12.5. The number of primary amides is 1. The van der Waals surface area contributed by atoms with E-state index in [0.717, 1.165) is 31.6 Å². The predicted octanol–water partition coefficient (Wildman–Crippen LogP) is 1.50. The highest BCUT2D eigenvalue weighted by atomic mass is 16.5. The number of amides is 3. The molecule has 0 aromatic heterocycles. The van der Waals surface area contributed by atoms with Gasteiger partial charge >= 0.3 is 12.0 Å². The van der Waals surface area contributed by atoms with Crippen molar-refractivity contribution >= 4 is 23.6 Å². The molecule has 1 heterocycles. The van der Waals surface area contributed by atoms with Crippen LogP contribution in [0.4, 0.5) is 10.5 Å². The first-order valence-electron chi connectivity index (χ1n) is 9.79. The van der Waals surface area contributed by atoms with Gasteiger partial charge in [0.25, 0.3) is 5.91 Å². The third-order valence-corrected chi connectivity index (χ3v) is 4.73. The van der Waals surface area contributed by atoms with Crippen LogP contribution >= 0.6 is 0 Å². The van der Waals surface area contributed by atoms with E-state index in [1.165, 1.54) is 0 Å². The van der Waals surface area contributed by atoms with Crippen LogP contribution in [0.3, 0.4) is 0 Å². The van der Waals surface area contributed by atoms with Gasteiger partial charge in [0, 0.05) is 44.8 Å². The first-order chi connectivity index (χ1) is 13.5. The zero-order chi connectivity index (χ0) is 20.4. The Hall–Kier alpha value is -2.77. The van der Waals surface area contributed by atoms with Crippen molar-refractivity contribution in [1.29, 1.82) is 0 Å². The minimum absolute atomic E-state index is 0.147. The van der Waals surface area contributed by atoms with E-state index in [-0.39, 0.29) is 18.3 Å². The van der Waals surface area contributed by atoms with Crippen molar-refractivity contribution in [2.45, 2.75) is 38.7 Å². The number of urea groups is 1. The van der Waals surface area contributed by atoms with E-state index in [4.69, 9.17) is 10.5 Å². The van der Waals surface area contributed by atoms with Crippen molar-refractivity contribution in [1.82, 2.24) is 10.2 Å². The number of benzene rings is 1. The number of piperazine rings is 1. The van der Waals surface area contributed by atoms with Gasteiger partial charge in [-0.2, -0.15) is 0 Å². The second-order valence-corrected chi connectivity index (χ2v) is 6.88. The van der Waals surface area contributed by atoms with E-state index in [1.807, 2.05) is 18.2 Å². The average Bonchev–Trinajstić information content (AvgIpc) is 2.70. The molecular weight excluding hydrogens is 360 g/mol. The van der Waals surface area contributed by atoms with E-state index < -0.39 is 12.1 Å². The van der Waals surface area contributed by atoms with Crippen LogP contribution in [0.25, 0.3) is 0 Å². The van der Waals surface area contributed by atoms with Gasteiger partial charge in [-0.1, -0.05) is 24.6 Å². The number of esters is 1. The summed E-state index contributed by atoms with van der Waals surface area (Å²) in [6.07, 6.45) is 1.66. The van der Waals surface area contributed by atoms with Crippen LogP contribution in [0.1, 0.15) is 32.6 Å². The summed E-state index contributed by atoms with van der Waals surface area (Å²) in [5.41, 5.74) is 6.13. The molecule has 28 heavy (non-hydrogen) atoms. The minimum atomic E-state index is -0.771. The minimum Gasteiger partial charge on any atom is -0.453 e. The molecule has 1 aromatic rings. The SMILES string of the molecule is C[C@H](OC(=O)CCCCCNC(N)=O)C(=O)N1CCN(c2ccccc2)CC1. The molecule has 1 atom stereocenters. The van der Waals surface area contributed by atoms with Gasteiger partial charge in [-0.05, 0) is 31.9 Å². The van der Waals surface area contributed by atoms with Crippen LogP contribution in [-0.4, -0.2) is 61.6 Å². The number of nitrogens with two attached hydrogens (primary N) is 1. The molecule has 0 spiro atoms. The lowest BCUT2D eigenvalue weighted by Gasteiger charge is -2.37. The smallest absolute Gasteiger partial charge is 0.312 e. The van der Waals surface area contributed by atoms with Crippen molar-refractivity contribution in [3.8, 4) is 0 Å². The highest BCUT2D eigenvalue weighted by Gasteiger charge is 2.27. The normalized spacial score (nSPS) is 15.0. The highest BCUT2D eigenvalue weighted by molar-refractivity contribution is 5.83. The van der Waals surface area contributed by atoms with E-state index in [2.05, 4.69) is 22.3 Å². The van der Waals surface area contributed by atoms with Gasteiger partial charge in [-0.25, -0.2) is 4.79 Å². The number of carbonyl (C=O) groups is 3. The van der Waals surface area contributed by atoms with Gasteiger partial charge in [0.2, 0.25) is 0 Å². The van der Waals surface area contributed by atoms with Gasteiger partial charge in [-0.3, -0.25) is 9.59 Å². The Balaban J connectivity index is 1.64. The quantitative estimate of drug-likeness (QED) is 0.491. The Kier molecular flexibility index (Phi) is 8.58. The van der Waals surface area contributed by atoms with Crippen LogP contribution in [0.2, 0.25) is 0 Å². The number of nitrogens with one attached hydrogen (secondary N) is 1. The zero-order valence-electron chi connectivity index (χ0n) is 16.4. The van der Waals surface area contributed by atoms with Crippen LogP contribution in [0, 0.1) is 0 Å². The predicted molar refractivity (Wildman–Crippen MR) is 107 cm³/mol. The molecule has 0 bridgehead atoms. The topological polar surface area (TPSA) is 105 Å². The van der Waals surface area contributed by atoms with Gasteiger partial charge in [-0.15, -0.1) is 0 Å². The number of carbonyl (C=O) groups excluding carboxylic acids is 3. The summed E-state index contributed by atoms with van der Waals surface area (Å²) in [5.74, 6) is -0.515. The first-order valence-corrected chi connectivity index (χ1v) is 9.79. The van der Waals surface area contributed by atoms with Crippen LogP contribution in [0.5, 0.6) is 0 Å². The molecule has 1 aliphatic heterocycles. The lowest BCUT2D eigenvalue weighted by Crippen LogP contribution is -2.51. The number of unbranched alkanes of at least 4 members (excludes halogenated alkanes) is 2. The van der Waals surface area contributed by atoms with Gasteiger partial charge in [0.1, 0.15) is 0 Å². The monoisotopic (exact) mass is 390 g/mol. The molecule has 0 unspecified atom stereocenters. The third-order valence-electron chi connectivity index (χ3n) is 4.73. The number of nitrogens with zero attached hydrogens (tertiary/aromatic N) is 2. The fourth-order valence-electron chi connectivity index (χ4n) is 3.17. The van der Waals surface area contributed by atoms with Gasteiger partial charge in [0.15, 0.2) is 6.10 Å². The summed E-state index contributed by atoms with van der Waals surface area (Å²) < 4.78 is 5.29. The van der Waals surface area contributed by atoms with Crippen molar-refractivity contribution in [3.63, 3.8) is 0 Å². The summed E-state index contributed by atoms with van der Waals surface area (Å²) in [6.45, 7) is 4.87. The number of rotatable bonds is 9. The maximum atomic E-state index is 12.5. The molecule has 2 rings (SSSR count). The van der Waals surface area contributed by atoms with E-state index >= 15 is 0 Å². The number of hydrogen-bond donors (Lipinski definition) is 2. The first kappa shape index (κ1) is 21.5. The van der Waals surface area contributed by atoms with E-state index in [0.29, 0.717) is 26.1 Å². The molecule has 0 aliphatic carbocycles. The molecule has 1 fully saturated rings. The summed E-state index contributed by atoms with van der Waals surface area (Å²) in [7, 11) is 0. The van der Waals surface area contributed by atoms with Crippen molar-refractivity contribution in [2.75, 3.05) is 37.6 Å². The largest absolute Gasteiger partial charge is 0.453 e. The van der Waals surface area contributed by atoms with Crippen molar-refractivity contribution < 1.29 is 19.1 Å². The number of hydrogen-bond acceptors (Lipinski definition) is 5. The Labute approximate surface area is 166 Å². The molecule has 1 aromatic carbocycles. The molecule has 0 radical (unpaired) electrons. The number of para-hydroxylation sites is 1. The zero-order valence-corrected chi connectivity index (χ0v) is 16.4. The van der Waals surface area contributed by atoms with Crippen LogP contribution in [0.15, 0.2) is 30.3 Å². The lowest BCUT2D eigenvalue weighted by atomic mass is 10.2. The van der Waals surface area contributed by atoms with E-state index in [9.17, 15) is 14.4 Å². The molecular formula is C20H30N4O4. The van der Waals surface area contributed by atoms with Gasteiger partial charge < -0.3 is 25.6 Å². The summed E-state index contributed by atoms with van der Waals surface area (Å²) in [5, 5.41) is 2.50. The van der Waals surface area contributed by atoms with Crippen LogP contribution in [-0.2, 0) is 14.3 Å². The summed E-state index contributed by atoms with van der Waals surface area (Å²) >= 11 is 0. The van der Waals surface area contributed by atoms with Crippen molar-refractivity contribution in [2.24, 2.45) is 5.73 Å². The third kappa shape index (κ3) is 7.09. The highest BCUT2D eigenvalue weighted by Crippen LogP contribution is 2.16. The number of ether oxygens (including phenoxy) is 1. The molecule has 8 heteroatoms. The molecule has 0 saturated carbocycles. The summed E-state index contributed by atoms with van der Waals surface area (Å²) in [6, 6.07) is 9.57. The molecule has 3 amide bonds. The van der Waals surface area contributed by atoms with Crippen LogP contribution < -0.4 is 16.0 Å². The van der Waals surface area contributed by atoms with Crippen molar-refractivity contribution in [3.05, 3.63) is 30.3 Å². The molecule has 1 saturated heterocycles. The molecule has 1 aliphatic rings. The Morgan fingerprint density at radius 2 is 1.75 bits per heavy atom. The molecule has 154 valence electrons. The second kappa shape index (κ2) is 11.2. The number of anilines is 1. The maximum Gasteiger partial charge on any atom is 0.312 e. The fourth-order valence-corrected chi connectivity index (χ4v) is 3.17. The second-order valence-electron chi connectivity index (χ2n) is 6.88. The fraction of sp³-hybridized carbons (Fsp3) is 0.550. The summed E-state index contributed by atoms with van der Waals surface area (Å²) in [4.78, 5) is 39.0.